The van der Waals surface area contributed by atoms with Crippen LogP contribution in [0, 0.1) is 10.1 Å². The number of nitro groups is 1. The Balaban J connectivity index is 1.71. The number of nitro benzene ring substituents is 1. The molecule has 0 radical (unpaired) electrons. The number of aromatic hydroxyl groups is 1. The van der Waals surface area contributed by atoms with Gasteiger partial charge in [0.25, 0.3) is 0 Å². The molecule has 0 saturated carbocycles. The Bertz CT molecular complexity index is 1110. The molecule has 0 fully saturated rings. The van der Waals surface area contributed by atoms with Crippen molar-refractivity contribution in [1.82, 2.24) is 15.2 Å². The van der Waals surface area contributed by atoms with Gasteiger partial charge in [-0.1, -0.05) is 49.7 Å². The minimum atomic E-state index is -0.767. The van der Waals surface area contributed by atoms with E-state index in [9.17, 15) is 15.2 Å². The average Bonchev–Trinajstić information content (AvgIpc) is 2.93. The largest absolute Gasteiger partial charge is 0.502 e. The van der Waals surface area contributed by atoms with Crippen LogP contribution in [0.25, 0.3) is 11.3 Å². The maximum Gasteiger partial charge on any atom is 0.311 e. The summed E-state index contributed by atoms with van der Waals surface area (Å²) < 4.78 is 6.13. The number of para-hydroxylation sites is 1. The van der Waals surface area contributed by atoms with Crippen molar-refractivity contribution in [1.29, 1.82) is 0 Å². The molecule has 10 heteroatoms. The van der Waals surface area contributed by atoms with Crippen LogP contribution in [0.15, 0.2) is 47.6 Å². The van der Waals surface area contributed by atoms with E-state index in [1.807, 2.05) is 24.3 Å². The zero-order chi connectivity index (χ0) is 21.8. The van der Waals surface area contributed by atoms with E-state index in [0.717, 1.165) is 36.3 Å². The van der Waals surface area contributed by atoms with E-state index >= 15 is 0 Å². The molecular formula is C21H21N5O4S. The van der Waals surface area contributed by atoms with E-state index in [1.165, 1.54) is 23.9 Å². The van der Waals surface area contributed by atoms with Crippen LogP contribution >= 0.6 is 11.8 Å². The highest BCUT2D eigenvalue weighted by molar-refractivity contribution is 7.99. The second-order valence-corrected chi connectivity index (χ2v) is 8.06. The molecule has 1 aromatic heterocycles. The number of hydrogen-bond donors (Lipinski definition) is 2. The van der Waals surface area contributed by atoms with E-state index < -0.39 is 22.6 Å². The first kappa shape index (κ1) is 20.9. The summed E-state index contributed by atoms with van der Waals surface area (Å²) in [5, 5.41) is 33.4. The van der Waals surface area contributed by atoms with E-state index in [2.05, 4.69) is 27.4 Å². The van der Waals surface area contributed by atoms with Gasteiger partial charge in [0.15, 0.2) is 17.7 Å². The van der Waals surface area contributed by atoms with E-state index in [4.69, 9.17) is 4.74 Å². The summed E-state index contributed by atoms with van der Waals surface area (Å²) in [6.45, 7) is 2.15. The number of hydrogen-bond acceptors (Lipinski definition) is 9. The third kappa shape index (κ3) is 4.53. The lowest BCUT2D eigenvalue weighted by molar-refractivity contribution is -0.386. The maximum atomic E-state index is 11.3. The summed E-state index contributed by atoms with van der Waals surface area (Å²) >= 11 is 1.52. The lowest BCUT2D eigenvalue weighted by atomic mass is 10.1. The van der Waals surface area contributed by atoms with Crippen molar-refractivity contribution in [3.8, 4) is 22.9 Å². The highest BCUT2D eigenvalue weighted by Crippen LogP contribution is 2.40. The zero-order valence-corrected chi connectivity index (χ0v) is 17.6. The van der Waals surface area contributed by atoms with Crippen LogP contribution in [-0.4, -0.2) is 31.0 Å². The number of ether oxygens (including phenoxy) is 1. The van der Waals surface area contributed by atoms with Gasteiger partial charge in [0.05, 0.1) is 4.92 Å². The summed E-state index contributed by atoms with van der Waals surface area (Å²) in [5.41, 5.74) is 2.09. The lowest BCUT2D eigenvalue weighted by Crippen LogP contribution is -2.17. The van der Waals surface area contributed by atoms with Crippen LogP contribution in [0.4, 0.5) is 11.4 Å². The zero-order valence-electron chi connectivity index (χ0n) is 16.8. The van der Waals surface area contributed by atoms with Crippen LogP contribution in [0.3, 0.4) is 0 Å². The molecule has 2 N–H and O–H groups in total. The van der Waals surface area contributed by atoms with Crippen molar-refractivity contribution in [2.45, 2.75) is 37.6 Å². The molecule has 0 saturated heterocycles. The van der Waals surface area contributed by atoms with Crippen LogP contribution in [0.1, 0.15) is 38.0 Å². The summed E-state index contributed by atoms with van der Waals surface area (Å²) in [6.07, 6.45) is 2.57. The van der Waals surface area contributed by atoms with Gasteiger partial charge in [0.1, 0.15) is 0 Å². The third-order valence-corrected chi connectivity index (χ3v) is 5.74. The quantitative estimate of drug-likeness (QED) is 0.228. The highest BCUT2D eigenvalue weighted by atomic mass is 32.2. The first-order valence-electron chi connectivity index (χ1n) is 9.94. The number of unbranched alkanes of at least 4 members (excludes halogenated alkanes) is 2. The average molecular weight is 439 g/mol. The van der Waals surface area contributed by atoms with Gasteiger partial charge in [-0.3, -0.25) is 10.1 Å². The molecule has 9 nitrogen and oxygen atoms in total. The van der Waals surface area contributed by atoms with Gasteiger partial charge in [0.2, 0.25) is 11.0 Å². The maximum absolute atomic E-state index is 11.3. The number of benzene rings is 2. The number of nitrogens with one attached hydrogen (secondary N) is 1. The topological polar surface area (TPSA) is 123 Å². The molecule has 0 amide bonds. The van der Waals surface area contributed by atoms with Crippen LogP contribution in [0.5, 0.6) is 11.6 Å². The van der Waals surface area contributed by atoms with Crippen LogP contribution in [0.2, 0.25) is 0 Å². The summed E-state index contributed by atoms with van der Waals surface area (Å²) in [5.74, 6) is 0.778. The number of nitrogens with zero attached hydrogens (tertiary/aromatic N) is 4. The summed E-state index contributed by atoms with van der Waals surface area (Å²) in [6, 6.07) is 11.6. The molecule has 160 valence electrons. The van der Waals surface area contributed by atoms with Crippen LogP contribution in [-0.2, 0) is 0 Å². The smallest absolute Gasteiger partial charge is 0.311 e. The van der Waals surface area contributed by atoms with Gasteiger partial charge in [0, 0.05) is 28.6 Å². The second-order valence-electron chi connectivity index (χ2n) is 7.00. The molecule has 1 atom stereocenters. The van der Waals surface area contributed by atoms with Crippen molar-refractivity contribution >= 4 is 23.1 Å². The minimum absolute atomic E-state index is 0.297. The Morgan fingerprint density at radius 3 is 2.87 bits per heavy atom. The van der Waals surface area contributed by atoms with Crippen LogP contribution < -0.4 is 10.1 Å². The Morgan fingerprint density at radius 2 is 2.06 bits per heavy atom. The van der Waals surface area contributed by atoms with Gasteiger partial charge >= 0.3 is 5.69 Å². The monoisotopic (exact) mass is 439 g/mol. The fourth-order valence-corrected chi connectivity index (χ4v) is 4.00. The standard InChI is InChI=1S/C21H21N5O4S/c1-2-3-6-11-31-21-23-20-18(24-25-21)14-7-4-5-8-15(14)22-19(30-20)13-9-10-17(27)16(12-13)26(28)29/h4-5,7-10,12,19,22,27H,2-3,6,11H2,1H3. The number of thioether (sulfide) groups is 1. The lowest BCUT2D eigenvalue weighted by Gasteiger charge is -2.19. The normalized spacial score (nSPS) is 14.5. The molecule has 31 heavy (non-hydrogen) atoms. The molecule has 3 aromatic rings. The van der Waals surface area contributed by atoms with Gasteiger partial charge in [-0.05, 0) is 24.6 Å². The molecule has 1 unspecified atom stereocenters. The SMILES string of the molecule is CCCCCSc1nnc2c(n1)OC(c1ccc(O)c([N+](=O)[O-])c1)Nc1ccccc1-2. The number of rotatable bonds is 7. The Labute approximate surface area is 183 Å². The van der Waals surface area contributed by atoms with E-state index in [0.29, 0.717) is 22.3 Å². The predicted molar refractivity (Wildman–Crippen MR) is 117 cm³/mol. The Kier molecular flexibility index (Phi) is 6.17. The Morgan fingerprint density at radius 1 is 1.23 bits per heavy atom. The molecule has 2 aromatic carbocycles. The fraction of sp³-hybridized carbons (Fsp3) is 0.286. The number of phenolic OH excluding ortho intramolecular Hbond substituents is 1. The molecule has 1 aliphatic heterocycles. The number of aromatic nitrogens is 3. The summed E-state index contributed by atoms with van der Waals surface area (Å²) in [7, 11) is 0. The van der Waals surface area contributed by atoms with Gasteiger partial charge in [-0.2, -0.15) is 4.98 Å². The molecule has 0 spiro atoms. The third-order valence-electron chi connectivity index (χ3n) is 4.81. The first-order valence-corrected chi connectivity index (χ1v) is 10.9. The molecule has 0 aliphatic carbocycles. The molecule has 4 rings (SSSR count). The molecular weight excluding hydrogens is 418 g/mol. The van der Waals surface area contributed by atoms with Gasteiger partial charge in [-0.15, -0.1) is 10.2 Å². The Hall–Kier alpha value is -3.40. The predicted octanol–water partition coefficient (Wildman–Crippen LogP) is 4.94. The van der Waals surface area contributed by atoms with Crippen molar-refractivity contribution in [2.24, 2.45) is 0 Å². The molecule has 1 aliphatic rings. The van der Waals surface area contributed by atoms with Crippen molar-refractivity contribution in [3.63, 3.8) is 0 Å². The first-order chi connectivity index (χ1) is 15.1. The number of phenols is 1. The highest BCUT2D eigenvalue weighted by Gasteiger charge is 2.27. The minimum Gasteiger partial charge on any atom is -0.502 e. The summed E-state index contributed by atoms with van der Waals surface area (Å²) in [4.78, 5) is 15.2. The molecule has 0 bridgehead atoms. The molecule has 2 heterocycles. The van der Waals surface area contributed by atoms with Crippen molar-refractivity contribution < 1.29 is 14.8 Å². The number of anilines is 1. The fourth-order valence-electron chi connectivity index (χ4n) is 3.22. The second kappa shape index (κ2) is 9.17. The number of fused-ring (bicyclic) bond motifs is 3. The van der Waals surface area contributed by atoms with Crippen molar-refractivity contribution in [2.75, 3.05) is 11.1 Å². The van der Waals surface area contributed by atoms with Gasteiger partial charge in [-0.25, -0.2) is 0 Å². The van der Waals surface area contributed by atoms with E-state index in [-0.39, 0.29) is 0 Å². The van der Waals surface area contributed by atoms with Gasteiger partial charge < -0.3 is 15.2 Å². The van der Waals surface area contributed by atoms with Crippen molar-refractivity contribution in [3.05, 3.63) is 58.1 Å². The van der Waals surface area contributed by atoms with E-state index in [1.54, 1.807) is 6.07 Å².